The Morgan fingerprint density at radius 1 is 1.42 bits per heavy atom. The largest absolute Gasteiger partial charge is 0.337 e. The van der Waals surface area contributed by atoms with Crippen LogP contribution in [-0.2, 0) is 9.59 Å². The van der Waals surface area contributed by atoms with E-state index in [0.29, 0.717) is 6.42 Å². The average Bonchev–Trinajstić information content (AvgIpc) is 2.04. The minimum absolute atomic E-state index is 0.0562. The van der Waals surface area contributed by atoms with Gasteiger partial charge in [0.2, 0.25) is 5.91 Å². The second-order valence-corrected chi connectivity index (χ2v) is 2.67. The van der Waals surface area contributed by atoms with Crippen molar-refractivity contribution in [3.63, 3.8) is 0 Å². The SMILES string of the molecule is CCC(=O)CN(C)C(=O)CNC. The third kappa shape index (κ3) is 4.08. The Morgan fingerprint density at radius 2 is 2.00 bits per heavy atom. The van der Waals surface area contributed by atoms with Crippen molar-refractivity contribution < 1.29 is 9.59 Å². The Kier molecular flexibility index (Phi) is 5.28. The van der Waals surface area contributed by atoms with Gasteiger partial charge in [0.25, 0.3) is 0 Å². The lowest BCUT2D eigenvalue weighted by molar-refractivity contribution is -0.133. The number of carbonyl (C=O) groups excluding carboxylic acids is 2. The molecule has 0 aromatic carbocycles. The number of carbonyl (C=O) groups is 2. The van der Waals surface area contributed by atoms with E-state index in [0.717, 1.165) is 0 Å². The van der Waals surface area contributed by atoms with Crippen molar-refractivity contribution in [1.29, 1.82) is 0 Å². The minimum Gasteiger partial charge on any atom is -0.337 e. The molecule has 0 radical (unpaired) electrons. The average molecular weight is 172 g/mol. The first-order valence-corrected chi connectivity index (χ1v) is 4.02. The van der Waals surface area contributed by atoms with E-state index in [1.807, 2.05) is 0 Å². The maximum atomic E-state index is 11.1. The molecule has 1 N–H and O–H groups in total. The molecule has 1 amide bonds. The van der Waals surface area contributed by atoms with Crippen LogP contribution in [0.2, 0.25) is 0 Å². The van der Waals surface area contributed by atoms with Crippen molar-refractivity contribution >= 4 is 11.7 Å². The van der Waals surface area contributed by atoms with E-state index in [-0.39, 0.29) is 24.8 Å². The summed E-state index contributed by atoms with van der Waals surface area (Å²) in [7, 11) is 3.33. The maximum absolute atomic E-state index is 11.1. The third-order valence-electron chi connectivity index (χ3n) is 1.56. The molecule has 0 aromatic heterocycles. The fraction of sp³-hybridized carbons (Fsp3) is 0.750. The van der Waals surface area contributed by atoms with E-state index >= 15 is 0 Å². The van der Waals surface area contributed by atoms with Gasteiger partial charge in [0.05, 0.1) is 13.1 Å². The molecule has 0 saturated heterocycles. The van der Waals surface area contributed by atoms with Crippen LogP contribution in [0.3, 0.4) is 0 Å². The molecule has 0 aliphatic carbocycles. The molecule has 0 atom stereocenters. The summed E-state index contributed by atoms with van der Waals surface area (Å²) >= 11 is 0. The maximum Gasteiger partial charge on any atom is 0.236 e. The van der Waals surface area contributed by atoms with Gasteiger partial charge in [-0.05, 0) is 7.05 Å². The van der Waals surface area contributed by atoms with E-state index in [4.69, 9.17) is 0 Å². The first-order chi connectivity index (χ1) is 5.61. The Balaban J connectivity index is 3.78. The molecule has 0 aliphatic heterocycles. The van der Waals surface area contributed by atoms with Gasteiger partial charge in [-0.15, -0.1) is 0 Å². The fourth-order valence-corrected chi connectivity index (χ4v) is 0.751. The van der Waals surface area contributed by atoms with Gasteiger partial charge in [0, 0.05) is 13.5 Å². The normalized spacial score (nSPS) is 9.58. The summed E-state index contributed by atoms with van der Waals surface area (Å²) in [6.45, 7) is 2.29. The standard InChI is InChI=1S/C8H16N2O2/c1-4-7(11)6-10(3)8(12)5-9-2/h9H,4-6H2,1-3H3. The van der Waals surface area contributed by atoms with Crippen LogP contribution >= 0.6 is 0 Å². The lowest BCUT2D eigenvalue weighted by atomic mass is 10.3. The number of nitrogens with one attached hydrogen (secondary N) is 1. The predicted molar refractivity (Wildman–Crippen MR) is 46.9 cm³/mol. The highest BCUT2D eigenvalue weighted by Gasteiger charge is 2.09. The van der Waals surface area contributed by atoms with Crippen molar-refractivity contribution in [2.75, 3.05) is 27.2 Å². The number of Topliss-reactive ketones (excluding diaryl/α,β-unsaturated/α-hetero) is 1. The number of hydrogen-bond donors (Lipinski definition) is 1. The summed E-state index contributed by atoms with van der Waals surface area (Å²) in [5, 5.41) is 2.74. The summed E-state index contributed by atoms with van der Waals surface area (Å²) in [6, 6.07) is 0. The molecule has 0 spiro atoms. The lowest BCUT2D eigenvalue weighted by Crippen LogP contribution is -2.37. The topological polar surface area (TPSA) is 49.4 Å². The highest BCUT2D eigenvalue weighted by molar-refractivity contribution is 5.86. The zero-order chi connectivity index (χ0) is 9.56. The summed E-state index contributed by atoms with van der Waals surface area (Å²) in [6.07, 6.45) is 0.483. The molecule has 0 fully saturated rings. The number of rotatable bonds is 5. The number of amides is 1. The molecule has 12 heavy (non-hydrogen) atoms. The summed E-state index contributed by atoms with van der Waals surface area (Å²) in [5.41, 5.74) is 0. The van der Waals surface area contributed by atoms with Gasteiger partial charge in [-0.25, -0.2) is 0 Å². The first-order valence-electron chi connectivity index (χ1n) is 4.02. The Hall–Kier alpha value is -0.900. The molecule has 0 unspecified atom stereocenters. The predicted octanol–water partition coefficient (Wildman–Crippen LogP) is -0.357. The van der Waals surface area contributed by atoms with Crippen molar-refractivity contribution in [2.24, 2.45) is 0 Å². The van der Waals surface area contributed by atoms with E-state index < -0.39 is 0 Å². The zero-order valence-corrected chi connectivity index (χ0v) is 7.89. The van der Waals surface area contributed by atoms with Gasteiger partial charge in [-0.2, -0.15) is 0 Å². The molecule has 70 valence electrons. The molecular weight excluding hydrogens is 156 g/mol. The molecular formula is C8H16N2O2. The van der Waals surface area contributed by atoms with Crippen molar-refractivity contribution in [3.8, 4) is 0 Å². The van der Waals surface area contributed by atoms with Gasteiger partial charge >= 0.3 is 0 Å². The van der Waals surface area contributed by atoms with Crippen LogP contribution in [0.5, 0.6) is 0 Å². The second-order valence-electron chi connectivity index (χ2n) is 2.67. The van der Waals surface area contributed by atoms with Gasteiger partial charge in [-0.1, -0.05) is 6.92 Å². The third-order valence-corrected chi connectivity index (χ3v) is 1.56. The van der Waals surface area contributed by atoms with Crippen LogP contribution in [0.25, 0.3) is 0 Å². The van der Waals surface area contributed by atoms with E-state index in [9.17, 15) is 9.59 Å². The molecule has 0 aromatic rings. The highest BCUT2D eigenvalue weighted by Crippen LogP contribution is 1.87. The highest BCUT2D eigenvalue weighted by atomic mass is 16.2. The van der Waals surface area contributed by atoms with Crippen molar-refractivity contribution in [2.45, 2.75) is 13.3 Å². The molecule has 0 rings (SSSR count). The Bertz CT molecular complexity index is 168. The molecule has 4 nitrogen and oxygen atoms in total. The molecule has 0 bridgehead atoms. The van der Waals surface area contributed by atoms with E-state index in [2.05, 4.69) is 5.32 Å². The number of nitrogens with zero attached hydrogens (tertiary/aromatic N) is 1. The molecule has 0 saturated carbocycles. The Labute approximate surface area is 72.9 Å². The zero-order valence-electron chi connectivity index (χ0n) is 7.89. The molecule has 0 heterocycles. The van der Waals surface area contributed by atoms with Crippen LogP contribution in [0.15, 0.2) is 0 Å². The minimum atomic E-state index is -0.0562. The number of hydrogen-bond acceptors (Lipinski definition) is 3. The molecule has 0 aliphatic rings. The first kappa shape index (κ1) is 11.1. The summed E-state index contributed by atoms with van der Waals surface area (Å²) < 4.78 is 0. The quantitative estimate of drug-likeness (QED) is 0.616. The van der Waals surface area contributed by atoms with E-state index in [1.54, 1.807) is 21.0 Å². The smallest absolute Gasteiger partial charge is 0.236 e. The lowest BCUT2D eigenvalue weighted by Gasteiger charge is -2.15. The van der Waals surface area contributed by atoms with Gasteiger partial charge in [-0.3, -0.25) is 9.59 Å². The monoisotopic (exact) mass is 172 g/mol. The van der Waals surface area contributed by atoms with Crippen LogP contribution < -0.4 is 5.32 Å². The number of ketones is 1. The summed E-state index contributed by atoms with van der Waals surface area (Å²) in [5.74, 6) is 0.0289. The van der Waals surface area contributed by atoms with Crippen LogP contribution in [0, 0.1) is 0 Å². The van der Waals surface area contributed by atoms with E-state index in [1.165, 1.54) is 4.90 Å². The number of likely N-dealkylation sites (N-methyl/N-ethyl adjacent to an activating group) is 2. The Morgan fingerprint density at radius 3 is 2.42 bits per heavy atom. The van der Waals surface area contributed by atoms with Crippen LogP contribution in [0.1, 0.15) is 13.3 Å². The second kappa shape index (κ2) is 5.71. The summed E-state index contributed by atoms with van der Waals surface area (Å²) in [4.78, 5) is 23.5. The van der Waals surface area contributed by atoms with Crippen LogP contribution in [0.4, 0.5) is 0 Å². The van der Waals surface area contributed by atoms with Gasteiger partial charge in [0.15, 0.2) is 5.78 Å². The van der Waals surface area contributed by atoms with Crippen LogP contribution in [-0.4, -0.2) is 43.8 Å². The van der Waals surface area contributed by atoms with Crippen molar-refractivity contribution in [1.82, 2.24) is 10.2 Å². The van der Waals surface area contributed by atoms with Gasteiger partial charge < -0.3 is 10.2 Å². The molecule has 4 heteroatoms. The van der Waals surface area contributed by atoms with Gasteiger partial charge in [0.1, 0.15) is 0 Å². The van der Waals surface area contributed by atoms with Crippen molar-refractivity contribution in [3.05, 3.63) is 0 Å². The fourth-order valence-electron chi connectivity index (χ4n) is 0.751.